The van der Waals surface area contributed by atoms with E-state index in [1.807, 2.05) is 0 Å². The van der Waals surface area contributed by atoms with E-state index in [2.05, 4.69) is 34.5 Å². The quantitative estimate of drug-likeness (QED) is 0.765. The lowest BCUT2D eigenvalue weighted by molar-refractivity contribution is -0.122. The van der Waals surface area contributed by atoms with E-state index in [1.165, 1.54) is 4.68 Å². The normalized spacial score (nSPS) is 18.9. The molecule has 1 aromatic rings. The summed E-state index contributed by atoms with van der Waals surface area (Å²) in [5.74, 6) is -0.0291. The first-order chi connectivity index (χ1) is 9.50. The highest BCUT2D eigenvalue weighted by molar-refractivity contribution is 5.75. The van der Waals surface area contributed by atoms with Crippen molar-refractivity contribution in [2.45, 2.75) is 32.9 Å². The summed E-state index contributed by atoms with van der Waals surface area (Å²) < 4.78 is 1.52. The number of piperidine rings is 1. The minimum atomic E-state index is -0.0291. The van der Waals surface area contributed by atoms with E-state index < -0.39 is 0 Å². The highest BCUT2D eigenvalue weighted by Gasteiger charge is 2.29. The Balaban J connectivity index is 1.77. The molecule has 0 saturated carbocycles. The van der Waals surface area contributed by atoms with E-state index in [4.69, 9.17) is 5.73 Å². The molecule has 20 heavy (non-hydrogen) atoms. The van der Waals surface area contributed by atoms with Crippen molar-refractivity contribution >= 4 is 5.91 Å². The van der Waals surface area contributed by atoms with Crippen LogP contribution in [0.25, 0.3) is 0 Å². The average Bonchev–Trinajstić information content (AvgIpc) is 2.88. The lowest BCUT2D eigenvalue weighted by Gasteiger charge is -2.37. The van der Waals surface area contributed by atoms with Crippen LogP contribution in [0.4, 0.5) is 0 Å². The minimum Gasteiger partial charge on any atom is -0.354 e. The zero-order valence-corrected chi connectivity index (χ0v) is 12.3. The summed E-state index contributed by atoms with van der Waals surface area (Å²) in [6.45, 7) is 5.68. The van der Waals surface area contributed by atoms with Gasteiger partial charge in [-0.1, -0.05) is 12.1 Å². The van der Waals surface area contributed by atoms with Crippen molar-refractivity contribution in [3.63, 3.8) is 0 Å². The van der Waals surface area contributed by atoms with E-state index in [1.54, 1.807) is 6.20 Å². The number of likely N-dealkylation sites (tertiary alicyclic amines) is 1. The molecule has 7 nitrogen and oxygen atoms in total. The molecule has 0 atom stereocenters. The fraction of sp³-hybridized carbons (Fsp3) is 0.769. The molecule has 0 aliphatic carbocycles. The fourth-order valence-electron chi connectivity index (χ4n) is 2.36. The van der Waals surface area contributed by atoms with Crippen LogP contribution in [0.5, 0.6) is 0 Å². The van der Waals surface area contributed by atoms with E-state index >= 15 is 0 Å². The summed E-state index contributed by atoms with van der Waals surface area (Å²) in [5.41, 5.74) is 6.35. The van der Waals surface area contributed by atoms with Gasteiger partial charge in [0.1, 0.15) is 6.54 Å². The first-order valence-electron chi connectivity index (χ1n) is 7.05. The molecule has 2 rings (SSSR count). The van der Waals surface area contributed by atoms with E-state index in [9.17, 15) is 4.79 Å². The molecule has 1 aromatic heterocycles. The van der Waals surface area contributed by atoms with Crippen LogP contribution in [0.1, 0.15) is 25.5 Å². The van der Waals surface area contributed by atoms with Gasteiger partial charge >= 0.3 is 0 Å². The van der Waals surface area contributed by atoms with Crippen LogP contribution in [-0.4, -0.2) is 52.5 Å². The largest absolute Gasteiger partial charge is 0.354 e. The summed E-state index contributed by atoms with van der Waals surface area (Å²) in [6, 6.07) is 0. The van der Waals surface area contributed by atoms with E-state index in [0.29, 0.717) is 12.2 Å². The summed E-state index contributed by atoms with van der Waals surface area (Å²) in [5, 5.41) is 10.7. The van der Waals surface area contributed by atoms with Crippen molar-refractivity contribution in [3.05, 3.63) is 11.9 Å². The number of carbonyl (C=O) groups is 1. The molecule has 1 saturated heterocycles. The second kappa shape index (κ2) is 6.32. The second-order valence-electron chi connectivity index (χ2n) is 6.00. The third-order valence-corrected chi connectivity index (χ3v) is 4.01. The molecule has 112 valence electrons. The summed E-state index contributed by atoms with van der Waals surface area (Å²) >= 11 is 0. The zero-order valence-electron chi connectivity index (χ0n) is 12.3. The van der Waals surface area contributed by atoms with Gasteiger partial charge in [-0.3, -0.25) is 4.79 Å². The molecule has 1 aliphatic rings. The van der Waals surface area contributed by atoms with Crippen molar-refractivity contribution in [2.75, 3.05) is 26.7 Å². The molecule has 2 heterocycles. The molecule has 1 aliphatic heterocycles. The number of carbonyl (C=O) groups excluding carboxylic acids is 1. The van der Waals surface area contributed by atoms with E-state index in [-0.39, 0.29) is 17.9 Å². The predicted molar refractivity (Wildman–Crippen MR) is 75.8 cm³/mol. The molecule has 0 radical (unpaired) electrons. The Kier molecular flexibility index (Phi) is 4.72. The van der Waals surface area contributed by atoms with Crippen LogP contribution in [0.15, 0.2) is 6.20 Å². The number of hydrogen-bond acceptors (Lipinski definition) is 5. The van der Waals surface area contributed by atoms with Crippen LogP contribution in [-0.2, 0) is 17.9 Å². The summed E-state index contributed by atoms with van der Waals surface area (Å²) in [4.78, 5) is 14.2. The topological polar surface area (TPSA) is 89.1 Å². The van der Waals surface area contributed by atoms with Crippen molar-refractivity contribution < 1.29 is 4.79 Å². The zero-order chi connectivity index (χ0) is 14.6. The first-order valence-corrected chi connectivity index (χ1v) is 7.05. The van der Waals surface area contributed by atoms with Gasteiger partial charge in [0, 0.05) is 13.1 Å². The van der Waals surface area contributed by atoms with Crippen LogP contribution >= 0.6 is 0 Å². The molecule has 0 spiro atoms. The first kappa shape index (κ1) is 14.9. The van der Waals surface area contributed by atoms with Gasteiger partial charge in [0.15, 0.2) is 0 Å². The Bertz CT molecular complexity index is 449. The lowest BCUT2D eigenvalue weighted by atomic mass is 9.80. The molecule has 1 fully saturated rings. The third-order valence-electron chi connectivity index (χ3n) is 4.01. The number of amides is 1. The van der Waals surface area contributed by atoms with Crippen LogP contribution in [0, 0.1) is 5.41 Å². The number of aromatic nitrogens is 3. The Morgan fingerprint density at radius 1 is 1.50 bits per heavy atom. The third kappa shape index (κ3) is 4.01. The molecule has 7 heteroatoms. The Labute approximate surface area is 119 Å². The van der Waals surface area contributed by atoms with Crippen molar-refractivity contribution in [2.24, 2.45) is 11.1 Å². The predicted octanol–water partition coefficient (Wildman–Crippen LogP) is -0.415. The number of nitrogens with two attached hydrogens (primary N) is 1. The van der Waals surface area contributed by atoms with Gasteiger partial charge in [0.2, 0.25) is 5.91 Å². The summed E-state index contributed by atoms with van der Waals surface area (Å²) in [7, 11) is 2.14. The van der Waals surface area contributed by atoms with Crippen molar-refractivity contribution in [1.29, 1.82) is 0 Å². The highest BCUT2D eigenvalue weighted by Crippen LogP contribution is 2.29. The van der Waals surface area contributed by atoms with Crippen LogP contribution in [0.2, 0.25) is 0 Å². The lowest BCUT2D eigenvalue weighted by Crippen LogP contribution is -2.44. The van der Waals surface area contributed by atoms with Gasteiger partial charge in [-0.25, -0.2) is 4.68 Å². The maximum atomic E-state index is 11.9. The number of nitrogens with one attached hydrogen (secondary N) is 1. The van der Waals surface area contributed by atoms with Gasteiger partial charge in [-0.2, -0.15) is 0 Å². The summed E-state index contributed by atoms with van der Waals surface area (Å²) in [6.07, 6.45) is 3.94. The molecular formula is C13H24N6O. The van der Waals surface area contributed by atoms with Gasteiger partial charge in [0.25, 0.3) is 0 Å². The van der Waals surface area contributed by atoms with Gasteiger partial charge in [-0.15, -0.1) is 5.10 Å². The molecule has 0 aromatic carbocycles. The van der Waals surface area contributed by atoms with Crippen LogP contribution < -0.4 is 11.1 Å². The van der Waals surface area contributed by atoms with Crippen molar-refractivity contribution in [1.82, 2.24) is 25.2 Å². The Morgan fingerprint density at radius 2 is 2.20 bits per heavy atom. The number of rotatable bonds is 5. The average molecular weight is 280 g/mol. The molecule has 0 unspecified atom stereocenters. The van der Waals surface area contributed by atoms with Crippen LogP contribution in [0.3, 0.4) is 0 Å². The highest BCUT2D eigenvalue weighted by atomic mass is 16.2. The number of nitrogens with zero attached hydrogens (tertiary/aromatic N) is 4. The molecule has 1 amide bonds. The maximum absolute atomic E-state index is 11.9. The fourth-order valence-corrected chi connectivity index (χ4v) is 2.36. The Morgan fingerprint density at radius 3 is 2.80 bits per heavy atom. The smallest absolute Gasteiger partial charge is 0.241 e. The standard InChI is InChI=1S/C13H24N6O/c1-13(3-5-18(2)6-4-13)10-15-12(20)9-19-8-11(7-14)16-17-19/h8H,3-7,9-10,14H2,1-2H3,(H,15,20). The second-order valence-corrected chi connectivity index (χ2v) is 6.00. The van der Waals surface area contributed by atoms with Gasteiger partial charge in [-0.05, 0) is 38.4 Å². The molecular weight excluding hydrogens is 256 g/mol. The van der Waals surface area contributed by atoms with Crippen molar-refractivity contribution in [3.8, 4) is 0 Å². The molecule has 3 N–H and O–H groups in total. The monoisotopic (exact) mass is 280 g/mol. The minimum absolute atomic E-state index is 0.0291. The Hall–Kier alpha value is -1.47. The maximum Gasteiger partial charge on any atom is 0.241 e. The van der Waals surface area contributed by atoms with Gasteiger partial charge in [0.05, 0.1) is 11.9 Å². The SMILES string of the molecule is CN1CCC(C)(CNC(=O)Cn2cc(CN)nn2)CC1. The number of hydrogen-bond donors (Lipinski definition) is 2. The van der Waals surface area contributed by atoms with E-state index in [0.717, 1.165) is 32.5 Å². The molecule has 0 bridgehead atoms. The van der Waals surface area contributed by atoms with Gasteiger partial charge < -0.3 is 16.0 Å².